The van der Waals surface area contributed by atoms with Crippen LogP contribution in [0.5, 0.6) is 5.75 Å². The number of nitrogens with zero attached hydrogens (tertiary/aromatic N) is 4. The first-order chi connectivity index (χ1) is 12.6. The number of aromatic nitrogens is 4. The van der Waals surface area contributed by atoms with Crippen LogP contribution in [0.2, 0.25) is 0 Å². The SMILES string of the molecule is COc1ccc(-n2nnnc2SCC(=O)Nc2ccc(C)cc2Br)cc1. The molecule has 3 rings (SSSR count). The number of amides is 1. The Hall–Kier alpha value is -2.39. The molecule has 0 saturated heterocycles. The second-order valence-corrected chi connectivity index (χ2v) is 7.19. The quantitative estimate of drug-likeness (QED) is 0.599. The number of hydrogen-bond acceptors (Lipinski definition) is 6. The van der Waals surface area contributed by atoms with Gasteiger partial charge in [-0.3, -0.25) is 4.79 Å². The number of halogens is 1. The summed E-state index contributed by atoms with van der Waals surface area (Å²) in [6, 6.07) is 13.1. The van der Waals surface area contributed by atoms with Crippen LogP contribution in [-0.4, -0.2) is 39.0 Å². The number of ether oxygens (including phenoxy) is 1. The molecule has 3 aromatic rings. The largest absolute Gasteiger partial charge is 0.497 e. The third-order valence-corrected chi connectivity index (χ3v) is 5.06. The lowest BCUT2D eigenvalue weighted by atomic mass is 10.2. The Balaban J connectivity index is 1.64. The Morgan fingerprint density at radius 2 is 2.04 bits per heavy atom. The second kappa shape index (κ2) is 8.33. The molecule has 1 N–H and O–H groups in total. The summed E-state index contributed by atoms with van der Waals surface area (Å²) in [6.45, 7) is 1.99. The number of carbonyl (C=O) groups excluding carboxylic acids is 1. The van der Waals surface area contributed by atoms with Crippen LogP contribution in [0, 0.1) is 6.92 Å². The lowest BCUT2D eigenvalue weighted by molar-refractivity contribution is -0.113. The molecule has 1 heterocycles. The summed E-state index contributed by atoms with van der Waals surface area (Å²) in [6.07, 6.45) is 0. The highest BCUT2D eigenvalue weighted by molar-refractivity contribution is 9.10. The van der Waals surface area contributed by atoms with E-state index in [1.165, 1.54) is 11.8 Å². The van der Waals surface area contributed by atoms with Crippen molar-refractivity contribution in [1.29, 1.82) is 0 Å². The van der Waals surface area contributed by atoms with E-state index < -0.39 is 0 Å². The maximum absolute atomic E-state index is 12.2. The van der Waals surface area contributed by atoms with Crippen LogP contribution < -0.4 is 10.1 Å². The molecule has 1 amide bonds. The first-order valence-electron chi connectivity index (χ1n) is 7.68. The Kier molecular flexibility index (Phi) is 5.89. The molecule has 0 aliphatic carbocycles. The number of anilines is 1. The number of thioether (sulfide) groups is 1. The van der Waals surface area contributed by atoms with Gasteiger partial charge in [-0.15, -0.1) is 5.10 Å². The van der Waals surface area contributed by atoms with E-state index in [1.807, 2.05) is 49.4 Å². The molecular weight excluding hydrogens is 418 g/mol. The summed E-state index contributed by atoms with van der Waals surface area (Å²) >= 11 is 4.71. The van der Waals surface area contributed by atoms with E-state index in [0.29, 0.717) is 5.16 Å². The number of nitrogens with one attached hydrogen (secondary N) is 1. The van der Waals surface area contributed by atoms with Gasteiger partial charge >= 0.3 is 0 Å². The van der Waals surface area contributed by atoms with Gasteiger partial charge < -0.3 is 10.1 Å². The first kappa shape index (κ1) is 18.4. The Bertz CT molecular complexity index is 914. The van der Waals surface area contributed by atoms with E-state index in [-0.39, 0.29) is 11.7 Å². The zero-order chi connectivity index (χ0) is 18.5. The molecule has 0 atom stereocenters. The summed E-state index contributed by atoms with van der Waals surface area (Å²) in [5.74, 6) is 0.805. The molecule has 0 unspecified atom stereocenters. The molecule has 0 spiro atoms. The average molecular weight is 434 g/mol. The van der Waals surface area contributed by atoms with Crippen molar-refractivity contribution in [2.75, 3.05) is 18.2 Å². The number of hydrogen-bond donors (Lipinski definition) is 1. The Labute approximate surface area is 163 Å². The van der Waals surface area contributed by atoms with Crippen LogP contribution in [0.1, 0.15) is 5.56 Å². The summed E-state index contributed by atoms with van der Waals surface area (Å²) < 4.78 is 7.58. The molecule has 9 heteroatoms. The van der Waals surface area contributed by atoms with Gasteiger partial charge in [0, 0.05) is 4.47 Å². The van der Waals surface area contributed by atoms with Crippen molar-refractivity contribution in [3.8, 4) is 11.4 Å². The van der Waals surface area contributed by atoms with Crippen LogP contribution in [0.15, 0.2) is 52.1 Å². The molecule has 0 bridgehead atoms. The van der Waals surface area contributed by atoms with E-state index >= 15 is 0 Å². The summed E-state index contributed by atoms with van der Waals surface area (Å²) in [7, 11) is 1.61. The smallest absolute Gasteiger partial charge is 0.234 e. The van der Waals surface area contributed by atoms with Crippen LogP contribution in [0.3, 0.4) is 0 Å². The van der Waals surface area contributed by atoms with Gasteiger partial charge in [-0.1, -0.05) is 17.8 Å². The van der Waals surface area contributed by atoms with Crippen LogP contribution in [0.4, 0.5) is 5.69 Å². The van der Waals surface area contributed by atoms with Crippen molar-refractivity contribution in [2.24, 2.45) is 0 Å². The van der Waals surface area contributed by atoms with Gasteiger partial charge in [0.05, 0.1) is 24.2 Å². The summed E-state index contributed by atoms with van der Waals surface area (Å²) in [5, 5.41) is 15.1. The molecule has 0 fully saturated rings. The van der Waals surface area contributed by atoms with Crippen LogP contribution >= 0.6 is 27.7 Å². The van der Waals surface area contributed by atoms with E-state index in [0.717, 1.165) is 27.2 Å². The van der Waals surface area contributed by atoms with Gasteiger partial charge in [-0.05, 0) is 75.2 Å². The molecule has 2 aromatic carbocycles. The fraction of sp³-hybridized carbons (Fsp3) is 0.176. The third-order valence-electron chi connectivity index (χ3n) is 3.49. The normalized spacial score (nSPS) is 10.6. The molecule has 0 saturated carbocycles. The van der Waals surface area contributed by atoms with Gasteiger partial charge in [0.15, 0.2) is 0 Å². The Morgan fingerprint density at radius 1 is 1.27 bits per heavy atom. The minimum absolute atomic E-state index is 0.135. The zero-order valence-corrected chi connectivity index (χ0v) is 16.5. The number of rotatable bonds is 6. The van der Waals surface area contributed by atoms with Crippen molar-refractivity contribution in [2.45, 2.75) is 12.1 Å². The minimum atomic E-state index is -0.135. The highest BCUT2D eigenvalue weighted by atomic mass is 79.9. The van der Waals surface area contributed by atoms with Gasteiger partial charge in [0.25, 0.3) is 0 Å². The van der Waals surface area contributed by atoms with Gasteiger partial charge in [-0.25, -0.2) is 0 Å². The third kappa shape index (κ3) is 4.41. The van der Waals surface area contributed by atoms with E-state index in [2.05, 4.69) is 36.8 Å². The van der Waals surface area contributed by atoms with Crippen molar-refractivity contribution >= 4 is 39.3 Å². The summed E-state index contributed by atoms with van der Waals surface area (Å²) in [5.41, 5.74) is 2.64. The summed E-state index contributed by atoms with van der Waals surface area (Å²) in [4.78, 5) is 12.2. The van der Waals surface area contributed by atoms with E-state index in [1.54, 1.807) is 11.8 Å². The number of aryl methyl sites for hydroxylation is 1. The van der Waals surface area contributed by atoms with E-state index in [4.69, 9.17) is 4.74 Å². The lowest BCUT2D eigenvalue weighted by Crippen LogP contribution is -2.15. The fourth-order valence-corrected chi connectivity index (χ4v) is 3.48. The van der Waals surface area contributed by atoms with Crippen LogP contribution in [0.25, 0.3) is 5.69 Å². The molecule has 7 nitrogen and oxygen atoms in total. The maximum Gasteiger partial charge on any atom is 0.234 e. The molecule has 1 aromatic heterocycles. The number of methoxy groups -OCH3 is 1. The maximum atomic E-state index is 12.2. The number of carbonyl (C=O) groups is 1. The minimum Gasteiger partial charge on any atom is -0.497 e. The van der Waals surface area contributed by atoms with Gasteiger partial charge in [-0.2, -0.15) is 4.68 Å². The van der Waals surface area contributed by atoms with Gasteiger partial charge in [0.2, 0.25) is 11.1 Å². The predicted molar refractivity (Wildman–Crippen MR) is 104 cm³/mol. The average Bonchev–Trinajstić information content (AvgIpc) is 3.11. The molecular formula is C17H16BrN5O2S. The molecule has 26 heavy (non-hydrogen) atoms. The monoisotopic (exact) mass is 433 g/mol. The van der Waals surface area contributed by atoms with Crippen LogP contribution in [-0.2, 0) is 4.79 Å². The van der Waals surface area contributed by atoms with Gasteiger partial charge in [0.1, 0.15) is 5.75 Å². The standard InChI is InChI=1S/C17H16BrN5O2S/c1-11-3-8-15(14(18)9-11)19-16(24)10-26-17-20-21-22-23(17)12-4-6-13(25-2)7-5-12/h3-9H,10H2,1-2H3,(H,19,24). The van der Waals surface area contributed by atoms with E-state index in [9.17, 15) is 4.79 Å². The second-order valence-electron chi connectivity index (χ2n) is 5.39. The zero-order valence-electron chi connectivity index (χ0n) is 14.1. The molecule has 134 valence electrons. The highest BCUT2D eigenvalue weighted by Crippen LogP contribution is 2.24. The van der Waals surface area contributed by atoms with Crippen molar-refractivity contribution < 1.29 is 9.53 Å². The van der Waals surface area contributed by atoms with Crippen molar-refractivity contribution in [1.82, 2.24) is 20.2 Å². The highest BCUT2D eigenvalue weighted by Gasteiger charge is 2.12. The Morgan fingerprint density at radius 3 is 2.73 bits per heavy atom. The van der Waals surface area contributed by atoms with Crippen molar-refractivity contribution in [3.05, 3.63) is 52.5 Å². The topological polar surface area (TPSA) is 81.9 Å². The fourth-order valence-electron chi connectivity index (χ4n) is 2.19. The molecule has 0 aliphatic rings. The first-order valence-corrected chi connectivity index (χ1v) is 9.46. The number of benzene rings is 2. The molecule has 0 radical (unpaired) electrons. The molecule has 0 aliphatic heterocycles. The van der Waals surface area contributed by atoms with Crippen molar-refractivity contribution in [3.63, 3.8) is 0 Å². The lowest BCUT2D eigenvalue weighted by Gasteiger charge is -2.08. The predicted octanol–water partition coefficient (Wildman–Crippen LogP) is 3.47. The number of tetrazole rings is 1.